The number of hydrogen-bond acceptors (Lipinski definition) is 5. The second-order valence-corrected chi connectivity index (χ2v) is 14.4. The van der Waals surface area contributed by atoms with Crippen molar-refractivity contribution in [2.24, 2.45) is 0 Å². The Bertz CT molecular complexity index is 2140. The van der Waals surface area contributed by atoms with Crippen LogP contribution in [-0.2, 0) is 0 Å². The van der Waals surface area contributed by atoms with Gasteiger partial charge < -0.3 is 24.4 Å². The molecule has 0 saturated heterocycles. The van der Waals surface area contributed by atoms with Crippen LogP contribution in [0.1, 0.15) is 60.1 Å². The number of phenolic OH excluding ortho intramolecular Hbond substituents is 1. The van der Waals surface area contributed by atoms with Crippen molar-refractivity contribution in [3.8, 4) is 17.2 Å². The Morgan fingerprint density at radius 3 is 1.14 bits per heavy atom. The molecule has 0 unspecified atom stereocenters. The van der Waals surface area contributed by atoms with Crippen LogP contribution in [0, 0.1) is 0 Å². The van der Waals surface area contributed by atoms with E-state index in [1.54, 1.807) is 6.07 Å². The highest BCUT2D eigenvalue weighted by Crippen LogP contribution is 2.37. The van der Waals surface area contributed by atoms with E-state index in [9.17, 15) is 5.11 Å². The number of phenols is 1. The molecule has 0 spiro atoms. The third kappa shape index (κ3) is 12.6. The lowest BCUT2D eigenvalue weighted by Gasteiger charge is -2.17. The van der Waals surface area contributed by atoms with Gasteiger partial charge in [-0.1, -0.05) is 141 Å². The quantitative estimate of drug-likeness (QED) is 0.0996. The van der Waals surface area contributed by atoms with E-state index >= 15 is 0 Å². The Morgan fingerprint density at radius 1 is 0.421 bits per heavy atom. The van der Waals surface area contributed by atoms with Gasteiger partial charge in [-0.3, -0.25) is 0 Å². The summed E-state index contributed by atoms with van der Waals surface area (Å²) >= 11 is 0. The first kappa shape index (κ1) is 42.3. The van der Waals surface area contributed by atoms with Crippen molar-refractivity contribution in [3.63, 3.8) is 0 Å². The summed E-state index contributed by atoms with van der Waals surface area (Å²) in [5, 5.41) is 10.1. The highest BCUT2D eigenvalue weighted by atomic mass is 16.5. The van der Waals surface area contributed by atoms with Gasteiger partial charge in [-0.2, -0.15) is 0 Å². The molecular formula is C52H58N2O3. The van der Waals surface area contributed by atoms with Crippen molar-refractivity contribution >= 4 is 22.3 Å². The molecule has 0 saturated carbocycles. The Morgan fingerprint density at radius 2 is 0.772 bits per heavy atom. The fourth-order valence-electron chi connectivity index (χ4n) is 6.75. The van der Waals surface area contributed by atoms with Gasteiger partial charge in [0.2, 0.25) is 0 Å². The van der Waals surface area contributed by atoms with Crippen LogP contribution in [0.2, 0.25) is 0 Å². The van der Waals surface area contributed by atoms with Gasteiger partial charge in [0.05, 0.1) is 0 Å². The molecule has 0 aliphatic heterocycles. The normalized spacial score (nSPS) is 12.0. The zero-order valence-corrected chi connectivity index (χ0v) is 34.5. The smallest absolute Gasteiger partial charge is 0.119 e. The van der Waals surface area contributed by atoms with Crippen LogP contribution in [-0.4, -0.2) is 69.4 Å². The van der Waals surface area contributed by atoms with Crippen molar-refractivity contribution in [3.05, 3.63) is 197 Å². The van der Waals surface area contributed by atoms with Crippen molar-refractivity contribution < 1.29 is 14.6 Å². The lowest BCUT2D eigenvalue weighted by atomic mass is 9.88. The van der Waals surface area contributed by atoms with Gasteiger partial charge >= 0.3 is 0 Å². The average Bonchev–Trinajstić information content (AvgIpc) is 3.23. The van der Waals surface area contributed by atoms with Crippen LogP contribution in [0.4, 0.5) is 0 Å². The number of hydrogen-bond donors (Lipinski definition) is 1. The average molecular weight is 759 g/mol. The second-order valence-electron chi connectivity index (χ2n) is 14.4. The standard InChI is InChI=1S/C26H29NO2.C26H29NO/c1-4-25(20-9-6-5-7-10-20)26(22-11-8-12-23(28)19-22)21-13-15-24(16-14-21)29-18-17-27(2)3;1-4-25(21-11-7-5-8-12-21)26(22-13-9-6-10-14-22)23-15-17-24(18-16-23)28-20-19-27(2)3/h5-16,19,28H,4,17-18H2,1-3H3;5-18H,4,19-20H2,1-3H3/b26-25+;26-25-. The largest absolute Gasteiger partial charge is 0.508 e. The number of aromatic hydroxyl groups is 1. The molecule has 0 amide bonds. The molecule has 5 heteroatoms. The molecule has 0 aliphatic carbocycles. The van der Waals surface area contributed by atoms with E-state index in [1.807, 2.05) is 44.4 Å². The molecule has 57 heavy (non-hydrogen) atoms. The number of benzene rings is 6. The molecule has 0 fully saturated rings. The van der Waals surface area contributed by atoms with E-state index < -0.39 is 0 Å². The maximum absolute atomic E-state index is 10.1. The number of nitrogens with zero attached hydrogens (tertiary/aromatic N) is 2. The second kappa shape index (κ2) is 22.0. The van der Waals surface area contributed by atoms with Crippen molar-refractivity contribution in [2.75, 3.05) is 54.5 Å². The van der Waals surface area contributed by atoms with E-state index in [0.717, 1.165) is 54.1 Å². The van der Waals surface area contributed by atoms with E-state index in [0.29, 0.717) is 13.2 Å². The molecule has 0 atom stereocenters. The molecule has 6 rings (SSSR count). The van der Waals surface area contributed by atoms with Gasteiger partial charge in [-0.05, 0) is 133 Å². The SMILES string of the molecule is CC/C(=C(/c1ccc(OCCN(C)C)cc1)c1cccc(O)c1)c1ccccc1.CC/C(=C(\c1ccccc1)c1ccc(OCCN(C)C)cc1)c1ccccc1. The Labute approximate surface area is 341 Å². The van der Waals surface area contributed by atoms with Gasteiger partial charge in [0.15, 0.2) is 0 Å². The molecule has 0 aromatic heterocycles. The van der Waals surface area contributed by atoms with E-state index in [-0.39, 0.29) is 5.75 Å². The van der Waals surface area contributed by atoms with Gasteiger partial charge in [0, 0.05) is 13.1 Å². The molecule has 1 N–H and O–H groups in total. The topological polar surface area (TPSA) is 45.2 Å². The summed E-state index contributed by atoms with van der Waals surface area (Å²) in [6, 6.07) is 56.0. The summed E-state index contributed by atoms with van der Waals surface area (Å²) in [5.74, 6) is 2.05. The lowest BCUT2D eigenvalue weighted by molar-refractivity contribution is 0.261. The summed E-state index contributed by atoms with van der Waals surface area (Å²) in [5.41, 5.74) is 12.1. The molecule has 6 aromatic carbocycles. The van der Waals surface area contributed by atoms with Crippen LogP contribution in [0.3, 0.4) is 0 Å². The predicted octanol–water partition coefficient (Wildman–Crippen LogP) is 11.7. The Balaban J connectivity index is 0.000000218. The Kier molecular flexibility index (Phi) is 16.3. The number of rotatable bonds is 16. The number of likely N-dealkylation sites (N-methyl/N-ethyl adjacent to an activating group) is 2. The fourth-order valence-corrected chi connectivity index (χ4v) is 6.75. The lowest BCUT2D eigenvalue weighted by Crippen LogP contribution is -2.19. The zero-order chi connectivity index (χ0) is 40.4. The summed E-state index contributed by atoms with van der Waals surface area (Å²) in [7, 11) is 8.18. The minimum absolute atomic E-state index is 0.271. The highest BCUT2D eigenvalue weighted by molar-refractivity contribution is 5.99. The van der Waals surface area contributed by atoms with E-state index in [4.69, 9.17) is 9.47 Å². The minimum Gasteiger partial charge on any atom is -0.508 e. The highest BCUT2D eigenvalue weighted by Gasteiger charge is 2.15. The van der Waals surface area contributed by atoms with Crippen molar-refractivity contribution in [1.29, 1.82) is 0 Å². The Hall–Kier alpha value is -5.88. The van der Waals surface area contributed by atoms with Crippen LogP contribution in [0.25, 0.3) is 22.3 Å². The van der Waals surface area contributed by atoms with Gasteiger partial charge in [0.25, 0.3) is 0 Å². The molecule has 294 valence electrons. The van der Waals surface area contributed by atoms with Crippen LogP contribution in [0.15, 0.2) is 164 Å². The number of allylic oxidation sites excluding steroid dienone is 2. The predicted molar refractivity (Wildman–Crippen MR) is 241 cm³/mol. The molecule has 0 heterocycles. The molecule has 6 aromatic rings. The zero-order valence-electron chi connectivity index (χ0n) is 34.5. The van der Waals surface area contributed by atoms with Gasteiger partial charge in [0.1, 0.15) is 30.5 Å². The van der Waals surface area contributed by atoms with Crippen molar-refractivity contribution in [2.45, 2.75) is 26.7 Å². The number of ether oxygens (including phenoxy) is 2. The maximum atomic E-state index is 10.1. The van der Waals surface area contributed by atoms with Crippen LogP contribution >= 0.6 is 0 Å². The summed E-state index contributed by atoms with van der Waals surface area (Å²) in [6.07, 6.45) is 1.85. The van der Waals surface area contributed by atoms with Crippen molar-refractivity contribution in [1.82, 2.24) is 9.80 Å². The summed E-state index contributed by atoms with van der Waals surface area (Å²) in [4.78, 5) is 4.22. The first-order valence-corrected chi connectivity index (χ1v) is 19.9. The first-order chi connectivity index (χ1) is 27.8. The fraction of sp³-hybridized carbons (Fsp3) is 0.231. The van der Waals surface area contributed by atoms with Gasteiger partial charge in [-0.25, -0.2) is 0 Å². The minimum atomic E-state index is 0.271. The molecular weight excluding hydrogens is 701 g/mol. The third-order valence-electron chi connectivity index (χ3n) is 9.65. The van der Waals surface area contributed by atoms with E-state index in [1.165, 1.54) is 39.0 Å². The monoisotopic (exact) mass is 758 g/mol. The summed E-state index contributed by atoms with van der Waals surface area (Å²) in [6.45, 7) is 7.53. The molecule has 0 aliphatic rings. The molecule has 5 nitrogen and oxygen atoms in total. The van der Waals surface area contributed by atoms with E-state index in [2.05, 4.69) is 165 Å². The third-order valence-corrected chi connectivity index (χ3v) is 9.65. The summed E-state index contributed by atoms with van der Waals surface area (Å²) < 4.78 is 11.7. The van der Waals surface area contributed by atoms with Crippen LogP contribution in [0.5, 0.6) is 17.2 Å². The molecule has 0 bridgehead atoms. The first-order valence-electron chi connectivity index (χ1n) is 19.9. The molecule has 0 radical (unpaired) electrons. The van der Waals surface area contributed by atoms with Gasteiger partial charge in [-0.15, -0.1) is 0 Å². The van der Waals surface area contributed by atoms with Crippen LogP contribution < -0.4 is 9.47 Å². The maximum Gasteiger partial charge on any atom is 0.119 e.